The van der Waals surface area contributed by atoms with Gasteiger partial charge in [0.25, 0.3) is 0 Å². The van der Waals surface area contributed by atoms with Crippen molar-refractivity contribution >= 4 is 6.29 Å². The van der Waals surface area contributed by atoms with E-state index in [9.17, 15) is 4.79 Å². The second kappa shape index (κ2) is 3.89. The molecule has 0 unspecified atom stereocenters. The molecule has 0 aromatic carbocycles. The molecule has 0 radical (unpaired) electrons. The SMILES string of the molecule is C/C=C(C)\C(C=O)=C/N. The highest BCUT2D eigenvalue weighted by Gasteiger charge is 1.92. The first-order chi connectivity index (χ1) is 4.26. The van der Waals surface area contributed by atoms with Gasteiger partial charge in [-0.05, 0) is 19.4 Å². The minimum absolute atomic E-state index is 0.553. The molecule has 0 bridgehead atoms. The Bertz CT molecular complexity index is 156. The highest BCUT2D eigenvalue weighted by Crippen LogP contribution is 2.02. The van der Waals surface area contributed by atoms with Gasteiger partial charge in [0.1, 0.15) is 0 Å². The number of hydrogen-bond acceptors (Lipinski definition) is 2. The van der Waals surface area contributed by atoms with Gasteiger partial charge >= 0.3 is 0 Å². The zero-order valence-corrected chi connectivity index (χ0v) is 5.72. The van der Waals surface area contributed by atoms with Crippen LogP contribution >= 0.6 is 0 Å². The van der Waals surface area contributed by atoms with E-state index >= 15 is 0 Å². The van der Waals surface area contributed by atoms with Crippen LogP contribution in [0.3, 0.4) is 0 Å². The maximum absolute atomic E-state index is 10.1. The predicted octanol–water partition coefficient (Wildman–Crippen LogP) is 0.994. The molecule has 0 rings (SSSR count). The van der Waals surface area contributed by atoms with E-state index in [2.05, 4.69) is 0 Å². The summed E-state index contributed by atoms with van der Waals surface area (Å²) in [5.74, 6) is 0. The number of nitrogens with two attached hydrogens (primary N) is 1. The summed E-state index contributed by atoms with van der Waals surface area (Å²) in [6.07, 6.45) is 3.89. The third-order valence-corrected chi connectivity index (χ3v) is 1.19. The molecular formula is C7H11NO. The number of hydrogen-bond donors (Lipinski definition) is 1. The zero-order chi connectivity index (χ0) is 7.28. The molecule has 0 heterocycles. The van der Waals surface area contributed by atoms with Crippen LogP contribution in [0.15, 0.2) is 23.4 Å². The van der Waals surface area contributed by atoms with Gasteiger partial charge in [-0.1, -0.05) is 6.08 Å². The predicted molar refractivity (Wildman–Crippen MR) is 37.8 cm³/mol. The molecule has 9 heavy (non-hydrogen) atoms. The van der Waals surface area contributed by atoms with E-state index in [1.165, 1.54) is 6.20 Å². The van der Waals surface area contributed by atoms with E-state index in [1.807, 2.05) is 19.9 Å². The Morgan fingerprint density at radius 3 is 2.22 bits per heavy atom. The van der Waals surface area contributed by atoms with Gasteiger partial charge in [-0.2, -0.15) is 0 Å². The summed E-state index contributed by atoms with van der Waals surface area (Å²) >= 11 is 0. The molecule has 0 atom stereocenters. The molecule has 0 saturated carbocycles. The molecule has 2 heteroatoms. The molecule has 0 aromatic rings. The first-order valence-corrected chi connectivity index (χ1v) is 2.76. The van der Waals surface area contributed by atoms with Gasteiger partial charge < -0.3 is 5.73 Å². The van der Waals surface area contributed by atoms with Crippen LogP contribution in [0.25, 0.3) is 0 Å². The van der Waals surface area contributed by atoms with Gasteiger partial charge in [0.05, 0.1) is 0 Å². The summed E-state index contributed by atoms with van der Waals surface area (Å²) in [4.78, 5) is 10.1. The summed E-state index contributed by atoms with van der Waals surface area (Å²) in [7, 11) is 0. The van der Waals surface area contributed by atoms with E-state index in [1.54, 1.807) is 0 Å². The Morgan fingerprint density at radius 2 is 2.11 bits per heavy atom. The number of carbonyl (C=O) groups is 1. The quantitative estimate of drug-likeness (QED) is 0.340. The fourth-order valence-corrected chi connectivity index (χ4v) is 0.430. The second-order valence-corrected chi connectivity index (χ2v) is 1.71. The third kappa shape index (κ3) is 2.13. The number of carbonyl (C=O) groups excluding carboxylic acids is 1. The van der Waals surface area contributed by atoms with Crippen molar-refractivity contribution in [1.82, 2.24) is 0 Å². The Morgan fingerprint density at radius 1 is 1.56 bits per heavy atom. The van der Waals surface area contributed by atoms with Gasteiger partial charge in [-0.3, -0.25) is 4.79 Å². The summed E-state index contributed by atoms with van der Waals surface area (Å²) in [6, 6.07) is 0. The Labute approximate surface area is 55.1 Å². The molecule has 2 N–H and O–H groups in total. The van der Waals surface area contributed by atoms with Crippen LogP contribution in [0.5, 0.6) is 0 Å². The first kappa shape index (κ1) is 7.95. The number of allylic oxidation sites excluding steroid dienone is 3. The second-order valence-electron chi connectivity index (χ2n) is 1.71. The fraction of sp³-hybridized carbons (Fsp3) is 0.286. The molecule has 0 aromatic heterocycles. The monoisotopic (exact) mass is 125 g/mol. The Kier molecular flexibility index (Phi) is 3.44. The third-order valence-electron chi connectivity index (χ3n) is 1.19. The average molecular weight is 125 g/mol. The van der Waals surface area contributed by atoms with Crippen molar-refractivity contribution in [3.8, 4) is 0 Å². The smallest absolute Gasteiger partial charge is 0.151 e. The van der Waals surface area contributed by atoms with Crippen molar-refractivity contribution in [2.24, 2.45) is 5.73 Å². The van der Waals surface area contributed by atoms with Crippen LogP contribution in [-0.2, 0) is 4.79 Å². The zero-order valence-electron chi connectivity index (χ0n) is 5.72. The fourth-order valence-electron chi connectivity index (χ4n) is 0.430. The molecule has 2 nitrogen and oxygen atoms in total. The van der Waals surface area contributed by atoms with Gasteiger partial charge in [0.15, 0.2) is 6.29 Å². The highest BCUT2D eigenvalue weighted by atomic mass is 16.1. The van der Waals surface area contributed by atoms with E-state index < -0.39 is 0 Å². The first-order valence-electron chi connectivity index (χ1n) is 2.76. The maximum Gasteiger partial charge on any atom is 0.151 e. The van der Waals surface area contributed by atoms with Crippen LogP contribution in [0, 0.1) is 0 Å². The topological polar surface area (TPSA) is 43.1 Å². The number of aldehydes is 1. The normalized spacial score (nSPS) is 13.6. The number of rotatable bonds is 2. The lowest BCUT2D eigenvalue weighted by Gasteiger charge is -1.93. The van der Waals surface area contributed by atoms with Crippen LogP contribution < -0.4 is 5.73 Å². The van der Waals surface area contributed by atoms with Crippen molar-refractivity contribution in [3.63, 3.8) is 0 Å². The van der Waals surface area contributed by atoms with Crippen molar-refractivity contribution in [3.05, 3.63) is 23.4 Å². The lowest BCUT2D eigenvalue weighted by molar-refractivity contribution is -0.104. The van der Waals surface area contributed by atoms with E-state index in [0.717, 1.165) is 11.9 Å². The molecule has 0 amide bonds. The van der Waals surface area contributed by atoms with Crippen molar-refractivity contribution in [1.29, 1.82) is 0 Å². The largest absolute Gasteiger partial charge is 0.404 e. The summed E-state index contributed by atoms with van der Waals surface area (Å²) in [6.45, 7) is 3.70. The van der Waals surface area contributed by atoms with Crippen LogP contribution in [0.2, 0.25) is 0 Å². The molecule has 0 spiro atoms. The molecule has 0 aliphatic rings. The summed E-state index contributed by atoms with van der Waals surface area (Å²) in [5.41, 5.74) is 6.59. The highest BCUT2D eigenvalue weighted by molar-refractivity contribution is 5.79. The molecular weight excluding hydrogens is 114 g/mol. The van der Waals surface area contributed by atoms with Gasteiger partial charge in [0.2, 0.25) is 0 Å². The molecule has 50 valence electrons. The van der Waals surface area contributed by atoms with Gasteiger partial charge in [-0.25, -0.2) is 0 Å². The van der Waals surface area contributed by atoms with Crippen LogP contribution in [0.1, 0.15) is 13.8 Å². The van der Waals surface area contributed by atoms with E-state index in [4.69, 9.17) is 5.73 Å². The summed E-state index contributed by atoms with van der Waals surface area (Å²) < 4.78 is 0. The lowest BCUT2D eigenvalue weighted by Crippen LogP contribution is -1.91. The average Bonchev–Trinajstić information content (AvgIpc) is 1.90. The molecule has 0 aliphatic heterocycles. The Balaban J connectivity index is 4.32. The van der Waals surface area contributed by atoms with Crippen LogP contribution in [0.4, 0.5) is 0 Å². The van der Waals surface area contributed by atoms with E-state index in [-0.39, 0.29) is 0 Å². The molecule has 0 aliphatic carbocycles. The van der Waals surface area contributed by atoms with Gasteiger partial charge in [-0.15, -0.1) is 0 Å². The molecule has 0 saturated heterocycles. The van der Waals surface area contributed by atoms with E-state index in [0.29, 0.717) is 5.57 Å². The van der Waals surface area contributed by atoms with Crippen molar-refractivity contribution < 1.29 is 4.79 Å². The Hall–Kier alpha value is -1.05. The van der Waals surface area contributed by atoms with Crippen LogP contribution in [-0.4, -0.2) is 6.29 Å². The summed E-state index contributed by atoms with van der Waals surface area (Å²) in [5, 5.41) is 0. The van der Waals surface area contributed by atoms with Crippen molar-refractivity contribution in [2.75, 3.05) is 0 Å². The van der Waals surface area contributed by atoms with Crippen molar-refractivity contribution in [2.45, 2.75) is 13.8 Å². The van der Waals surface area contributed by atoms with Gasteiger partial charge in [0, 0.05) is 11.8 Å². The lowest BCUT2D eigenvalue weighted by atomic mass is 10.1. The molecule has 0 fully saturated rings. The standard InChI is InChI=1S/C7H11NO/c1-3-6(2)7(4-8)5-9/h3-5H,8H2,1-2H3/b6-3-,7-4-. The minimum atomic E-state index is 0.553. The maximum atomic E-state index is 10.1. The minimum Gasteiger partial charge on any atom is -0.404 e.